The molecule has 0 radical (unpaired) electrons. The highest BCUT2D eigenvalue weighted by Crippen LogP contribution is 2.25. The first-order chi connectivity index (χ1) is 7.70. The zero-order chi connectivity index (χ0) is 11.5. The van der Waals surface area contributed by atoms with E-state index in [9.17, 15) is 4.79 Å². The van der Waals surface area contributed by atoms with Crippen molar-refractivity contribution >= 4 is 0 Å². The van der Waals surface area contributed by atoms with Gasteiger partial charge in [0.25, 0.3) is 5.56 Å². The Bertz CT molecular complexity index is 561. The summed E-state index contributed by atoms with van der Waals surface area (Å²) in [5.74, 6) is 0.805. The smallest absolute Gasteiger partial charge is 0.264 e. The maximum atomic E-state index is 11.2. The minimum Gasteiger partial charge on any atom is -0.497 e. The van der Waals surface area contributed by atoms with Crippen LogP contribution in [0.4, 0.5) is 0 Å². The summed E-state index contributed by atoms with van der Waals surface area (Å²) in [6, 6.07) is 7.24. The number of nitrogens with zero attached hydrogens (tertiary/aromatic N) is 1. The Balaban J connectivity index is 2.52. The Morgan fingerprint density at radius 1 is 1.31 bits per heavy atom. The maximum Gasteiger partial charge on any atom is 0.264 e. The van der Waals surface area contributed by atoms with Crippen molar-refractivity contribution in [2.45, 2.75) is 6.92 Å². The van der Waals surface area contributed by atoms with Crippen molar-refractivity contribution in [2.75, 3.05) is 7.11 Å². The molecule has 4 heteroatoms. The van der Waals surface area contributed by atoms with Crippen LogP contribution < -0.4 is 10.3 Å². The molecule has 0 atom stereocenters. The van der Waals surface area contributed by atoms with Gasteiger partial charge in [-0.15, -0.1) is 0 Å². The number of hydrogen-bond donors (Lipinski definition) is 1. The van der Waals surface area contributed by atoms with Gasteiger partial charge in [-0.1, -0.05) is 6.07 Å². The first kappa shape index (κ1) is 10.4. The van der Waals surface area contributed by atoms with Gasteiger partial charge in [0, 0.05) is 11.6 Å². The Kier molecular flexibility index (Phi) is 2.72. The predicted octanol–water partition coefficient (Wildman–Crippen LogP) is 1.75. The number of ether oxygens (including phenoxy) is 1. The highest BCUT2D eigenvalue weighted by Gasteiger charge is 2.04. The van der Waals surface area contributed by atoms with Crippen LogP contribution in [-0.4, -0.2) is 17.3 Å². The molecule has 4 nitrogen and oxygen atoms in total. The van der Waals surface area contributed by atoms with Crippen LogP contribution in [0.25, 0.3) is 11.1 Å². The highest BCUT2D eigenvalue weighted by molar-refractivity contribution is 5.66. The fraction of sp³-hybridized carbons (Fsp3) is 0.167. The van der Waals surface area contributed by atoms with Gasteiger partial charge in [-0.05, 0) is 30.2 Å². The van der Waals surface area contributed by atoms with Crippen LogP contribution in [0.2, 0.25) is 0 Å². The Morgan fingerprint density at radius 3 is 2.75 bits per heavy atom. The van der Waals surface area contributed by atoms with Crippen molar-refractivity contribution in [3.8, 4) is 16.9 Å². The lowest BCUT2D eigenvalue weighted by Gasteiger charge is -2.07. The summed E-state index contributed by atoms with van der Waals surface area (Å²) in [4.78, 5) is 11.2. The van der Waals surface area contributed by atoms with Crippen LogP contribution in [0.5, 0.6) is 5.75 Å². The van der Waals surface area contributed by atoms with E-state index in [4.69, 9.17) is 4.74 Å². The van der Waals surface area contributed by atoms with Crippen molar-refractivity contribution in [3.05, 3.63) is 46.4 Å². The molecule has 16 heavy (non-hydrogen) atoms. The lowest BCUT2D eigenvalue weighted by Crippen LogP contribution is -2.05. The fourth-order valence-corrected chi connectivity index (χ4v) is 1.61. The number of aryl methyl sites for hydroxylation is 1. The van der Waals surface area contributed by atoms with Gasteiger partial charge in [0.2, 0.25) is 0 Å². The normalized spacial score (nSPS) is 10.1. The first-order valence-corrected chi connectivity index (χ1v) is 4.90. The standard InChI is InChI=1S/C12H12N2O2/c1-8-5-10(16-2)3-4-11(8)9-6-12(15)14-13-7-9/h3-7H,1-2H3,(H,14,15). The molecule has 1 heterocycles. The topological polar surface area (TPSA) is 55.0 Å². The van der Waals surface area contributed by atoms with E-state index in [0.29, 0.717) is 0 Å². The number of aromatic nitrogens is 2. The molecule has 82 valence electrons. The average molecular weight is 216 g/mol. The molecule has 0 unspecified atom stereocenters. The van der Waals surface area contributed by atoms with E-state index in [1.165, 1.54) is 6.07 Å². The third kappa shape index (κ3) is 1.95. The molecule has 1 N–H and O–H groups in total. The van der Waals surface area contributed by atoms with E-state index < -0.39 is 0 Å². The number of methoxy groups -OCH3 is 1. The van der Waals surface area contributed by atoms with Gasteiger partial charge in [0.1, 0.15) is 5.75 Å². The van der Waals surface area contributed by atoms with Crippen LogP contribution in [0.1, 0.15) is 5.56 Å². The number of aromatic amines is 1. The molecule has 1 aromatic carbocycles. The quantitative estimate of drug-likeness (QED) is 0.832. The zero-order valence-corrected chi connectivity index (χ0v) is 9.15. The van der Waals surface area contributed by atoms with Crippen molar-refractivity contribution in [2.24, 2.45) is 0 Å². The van der Waals surface area contributed by atoms with Gasteiger partial charge < -0.3 is 4.74 Å². The lowest BCUT2D eigenvalue weighted by molar-refractivity contribution is 0.414. The molecule has 2 aromatic rings. The van der Waals surface area contributed by atoms with Gasteiger partial charge in [-0.25, -0.2) is 5.10 Å². The van der Waals surface area contributed by atoms with Crippen molar-refractivity contribution in [3.63, 3.8) is 0 Å². The van der Waals surface area contributed by atoms with Crippen molar-refractivity contribution < 1.29 is 4.74 Å². The number of rotatable bonds is 2. The second-order valence-electron chi connectivity index (χ2n) is 3.51. The summed E-state index contributed by atoms with van der Waals surface area (Å²) in [6.45, 7) is 1.97. The van der Waals surface area contributed by atoms with Gasteiger partial charge in [0.15, 0.2) is 0 Å². The Hall–Kier alpha value is -2.10. The summed E-state index contributed by atoms with van der Waals surface area (Å²) in [6.07, 6.45) is 1.64. The summed E-state index contributed by atoms with van der Waals surface area (Å²) < 4.78 is 5.13. The van der Waals surface area contributed by atoms with E-state index in [2.05, 4.69) is 10.2 Å². The second kappa shape index (κ2) is 4.18. The van der Waals surface area contributed by atoms with E-state index >= 15 is 0 Å². The largest absolute Gasteiger partial charge is 0.497 e. The SMILES string of the molecule is COc1ccc(-c2cn[nH]c(=O)c2)c(C)c1. The molecule has 0 amide bonds. The average Bonchev–Trinajstić information content (AvgIpc) is 2.28. The third-order valence-corrected chi connectivity index (χ3v) is 2.41. The highest BCUT2D eigenvalue weighted by atomic mass is 16.5. The molecular formula is C12H12N2O2. The first-order valence-electron chi connectivity index (χ1n) is 4.90. The van der Waals surface area contributed by atoms with E-state index in [0.717, 1.165) is 22.4 Å². The number of H-pyrrole nitrogens is 1. The fourth-order valence-electron chi connectivity index (χ4n) is 1.61. The Labute approximate surface area is 92.9 Å². The van der Waals surface area contributed by atoms with Crippen LogP contribution in [0.15, 0.2) is 35.3 Å². The molecule has 0 aliphatic carbocycles. The molecule has 0 aliphatic rings. The van der Waals surface area contributed by atoms with Crippen molar-refractivity contribution in [1.29, 1.82) is 0 Å². The van der Waals surface area contributed by atoms with Crippen molar-refractivity contribution in [1.82, 2.24) is 10.2 Å². The minimum absolute atomic E-state index is 0.201. The van der Waals surface area contributed by atoms with Crippen LogP contribution >= 0.6 is 0 Å². The molecule has 2 rings (SSSR count). The van der Waals surface area contributed by atoms with E-state index in [1.54, 1.807) is 13.3 Å². The number of hydrogen-bond acceptors (Lipinski definition) is 3. The molecule has 0 spiro atoms. The Morgan fingerprint density at radius 2 is 2.12 bits per heavy atom. The molecule has 0 fully saturated rings. The van der Waals surface area contributed by atoms with Gasteiger partial charge in [-0.3, -0.25) is 4.79 Å². The number of benzene rings is 1. The molecule has 0 aliphatic heterocycles. The van der Waals surface area contributed by atoms with Crippen LogP contribution in [0.3, 0.4) is 0 Å². The summed E-state index contributed by atoms with van der Waals surface area (Å²) in [7, 11) is 1.63. The van der Waals surface area contributed by atoms with Crippen LogP contribution in [0, 0.1) is 6.92 Å². The summed E-state index contributed by atoms with van der Waals surface area (Å²) in [5.41, 5.74) is 2.64. The molecule has 0 bridgehead atoms. The minimum atomic E-state index is -0.201. The van der Waals surface area contributed by atoms with Gasteiger partial charge in [-0.2, -0.15) is 5.10 Å². The molecule has 0 saturated heterocycles. The van der Waals surface area contributed by atoms with E-state index in [-0.39, 0.29) is 5.56 Å². The van der Waals surface area contributed by atoms with E-state index in [1.807, 2.05) is 25.1 Å². The summed E-state index contributed by atoms with van der Waals surface area (Å²) >= 11 is 0. The predicted molar refractivity (Wildman–Crippen MR) is 61.6 cm³/mol. The zero-order valence-electron chi connectivity index (χ0n) is 9.15. The van der Waals surface area contributed by atoms with Crippen LogP contribution in [-0.2, 0) is 0 Å². The maximum absolute atomic E-state index is 11.2. The summed E-state index contributed by atoms with van der Waals surface area (Å²) in [5, 5.41) is 6.13. The third-order valence-electron chi connectivity index (χ3n) is 2.41. The van der Waals surface area contributed by atoms with Gasteiger partial charge >= 0.3 is 0 Å². The molecule has 1 aromatic heterocycles. The molecule has 0 saturated carbocycles. The van der Waals surface area contributed by atoms with Gasteiger partial charge in [0.05, 0.1) is 13.3 Å². The second-order valence-corrected chi connectivity index (χ2v) is 3.51. The number of nitrogens with one attached hydrogen (secondary N) is 1. The lowest BCUT2D eigenvalue weighted by atomic mass is 10.0. The molecular weight excluding hydrogens is 204 g/mol. The monoisotopic (exact) mass is 216 g/mol.